The molecule has 4 heteroatoms. The van der Waals surface area contributed by atoms with E-state index in [0.29, 0.717) is 4.90 Å². The zero-order valence-electron chi connectivity index (χ0n) is 5.16. The second-order valence-corrected chi connectivity index (χ2v) is 2.28. The molecule has 0 amide bonds. The zero-order chi connectivity index (χ0) is 7.56. The van der Waals surface area contributed by atoms with Crippen molar-refractivity contribution in [2.24, 2.45) is 5.84 Å². The van der Waals surface area contributed by atoms with Crippen molar-refractivity contribution < 1.29 is 4.48 Å². The van der Waals surface area contributed by atoms with Crippen LogP contribution in [0.4, 0.5) is 10.2 Å². The number of thiol groups is 1. The summed E-state index contributed by atoms with van der Waals surface area (Å²) in [5, 5.41) is 0.0440. The summed E-state index contributed by atoms with van der Waals surface area (Å²) in [6, 6.07) is 6.66. The van der Waals surface area contributed by atoms with Crippen molar-refractivity contribution in [1.82, 2.24) is 0 Å². The molecule has 0 saturated carbocycles. The molecule has 0 saturated heterocycles. The van der Waals surface area contributed by atoms with E-state index >= 15 is 0 Å². The molecule has 1 aromatic carbocycles. The molecule has 0 aliphatic heterocycles. The van der Waals surface area contributed by atoms with Gasteiger partial charge in [0, 0.05) is 4.90 Å². The summed E-state index contributed by atoms with van der Waals surface area (Å²) in [7, 11) is 0. The Labute approximate surface area is 63.8 Å². The molecule has 2 nitrogen and oxygen atoms in total. The maximum Gasteiger partial charge on any atom is 0.101 e. The number of benzene rings is 1. The van der Waals surface area contributed by atoms with Gasteiger partial charge in [0.05, 0.1) is 0 Å². The van der Waals surface area contributed by atoms with Crippen LogP contribution in [0.1, 0.15) is 0 Å². The smallest absolute Gasteiger partial charge is 0.101 e. The standard InChI is InChI=1S/C6H7FN2S/c7-9(8)5-3-1-2-4-6(5)10/h1-4,10H,8H2. The Morgan fingerprint density at radius 3 is 2.40 bits per heavy atom. The monoisotopic (exact) mass is 158 g/mol. The van der Waals surface area contributed by atoms with Crippen LogP contribution in [0.2, 0.25) is 0 Å². The van der Waals surface area contributed by atoms with Crippen LogP contribution in [0.15, 0.2) is 29.2 Å². The molecule has 0 aromatic heterocycles. The first kappa shape index (κ1) is 7.37. The molecule has 10 heavy (non-hydrogen) atoms. The van der Waals surface area contributed by atoms with Gasteiger partial charge in [-0.1, -0.05) is 16.6 Å². The lowest BCUT2D eigenvalue weighted by atomic mass is 10.3. The van der Waals surface area contributed by atoms with Gasteiger partial charge in [0.1, 0.15) is 5.69 Å². The van der Waals surface area contributed by atoms with E-state index in [9.17, 15) is 4.48 Å². The van der Waals surface area contributed by atoms with E-state index in [1.54, 1.807) is 24.3 Å². The first-order valence-electron chi connectivity index (χ1n) is 2.70. The SMILES string of the molecule is NN(F)c1ccccc1S. The summed E-state index contributed by atoms with van der Waals surface area (Å²) >= 11 is 3.98. The second-order valence-electron chi connectivity index (χ2n) is 1.80. The number of nitrogens with two attached hydrogens (primary N) is 1. The summed E-state index contributed by atoms with van der Waals surface area (Å²) in [5.41, 5.74) is 0.269. The summed E-state index contributed by atoms with van der Waals surface area (Å²) in [6.07, 6.45) is 0. The molecule has 2 N–H and O–H groups in total. The topological polar surface area (TPSA) is 29.3 Å². The van der Waals surface area contributed by atoms with Gasteiger partial charge in [0.15, 0.2) is 0 Å². The lowest BCUT2D eigenvalue weighted by molar-refractivity contribution is 0.441. The van der Waals surface area contributed by atoms with E-state index in [1.165, 1.54) is 0 Å². The highest BCUT2D eigenvalue weighted by Crippen LogP contribution is 2.20. The lowest BCUT2D eigenvalue weighted by Gasteiger charge is -2.07. The van der Waals surface area contributed by atoms with E-state index < -0.39 is 0 Å². The van der Waals surface area contributed by atoms with Crippen LogP contribution in [0.25, 0.3) is 0 Å². The maximum atomic E-state index is 12.3. The lowest BCUT2D eigenvalue weighted by Crippen LogP contribution is -2.20. The van der Waals surface area contributed by atoms with Crippen LogP contribution in [-0.2, 0) is 0 Å². The summed E-state index contributed by atoms with van der Waals surface area (Å²) < 4.78 is 12.3. The molecular weight excluding hydrogens is 151 g/mol. The van der Waals surface area contributed by atoms with Gasteiger partial charge in [-0.3, -0.25) is 0 Å². The van der Waals surface area contributed by atoms with Gasteiger partial charge in [0.25, 0.3) is 0 Å². The zero-order valence-corrected chi connectivity index (χ0v) is 6.05. The van der Waals surface area contributed by atoms with Gasteiger partial charge in [-0.2, -0.15) is 0 Å². The Morgan fingerprint density at radius 1 is 1.40 bits per heavy atom. The molecule has 0 heterocycles. The predicted octanol–water partition coefficient (Wildman–Crippen LogP) is 1.54. The number of nitrogens with zero attached hydrogens (tertiary/aromatic N) is 1. The molecule has 0 radical (unpaired) electrons. The van der Waals surface area contributed by atoms with Crippen LogP contribution in [-0.4, -0.2) is 0 Å². The van der Waals surface area contributed by atoms with E-state index in [0.717, 1.165) is 0 Å². The second kappa shape index (κ2) is 2.90. The highest BCUT2D eigenvalue weighted by molar-refractivity contribution is 7.80. The summed E-state index contributed by atoms with van der Waals surface area (Å²) in [5.74, 6) is 4.83. The number of hydrogen-bond donors (Lipinski definition) is 2. The molecule has 1 rings (SSSR count). The molecule has 0 aliphatic carbocycles. The average Bonchev–Trinajstić information content (AvgIpc) is 1.88. The quantitative estimate of drug-likeness (QED) is 0.281. The molecule has 0 atom stereocenters. The van der Waals surface area contributed by atoms with Crippen LogP contribution in [0, 0.1) is 0 Å². The molecule has 54 valence electrons. The summed E-state index contributed by atoms with van der Waals surface area (Å²) in [6.45, 7) is 0. The predicted molar refractivity (Wildman–Crippen MR) is 41.5 cm³/mol. The van der Waals surface area contributed by atoms with Crippen molar-refractivity contribution in [3.05, 3.63) is 24.3 Å². The molecule has 0 fully saturated rings. The molecule has 1 aromatic rings. The third kappa shape index (κ3) is 1.40. The third-order valence-electron chi connectivity index (χ3n) is 1.11. The Bertz CT molecular complexity index is 227. The van der Waals surface area contributed by atoms with Crippen molar-refractivity contribution >= 4 is 18.3 Å². The molecule has 0 spiro atoms. The number of para-hydroxylation sites is 1. The van der Waals surface area contributed by atoms with Crippen LogP contribution in [0.5, 0.6) is 0 Å². The summed E-state index contributed by atoms with van der Waals surface area (Å²) in [4.78, 5) is 0.521. The third-order valence-corrected chi connectivity index (χ3v) is 1.49. The number of anilines is 1. The normalized spacial score (nSPS) is 9.50. The fourth-order valence-electron chi connectivity index (χ4n) is 0.645. The number of rotatable bonds is 1. The highest BCUT2D eigenvalue weighted by Gasteiger charge is 2.00. The minimum Gasteiger partial charge on any atom is -0.218 e. The first-order valence-corrected chi connectivity index (χ1v) is 3.15. The maximum absolute atomic E-state index is 12.3. The Kier molecular flexibility index (Phi) is 2.13. The van der Waals surface area contributed by atoms with Gasteiger partial charge >= 0.3 is 0 Å². The fraction of sp³-hybridized carbons (Fsp3) is 0. The Hall–Kier alpha value is -0.740. The van der Waals surface area contributed by atoms with E-state index in [1.807, 2.05) is 0 Å². The van der Waals surface area contributed by atoms with Crippen LogP contribution >= 0.6 is 12.6 Å². The van der Waals surface area contributed by atoms with Crippen LogP contribution < -0.4 is 11.1 Å². The molecule has 0 aliphatic rings. The van der Waals surface area contributed by atoms with Gasteiger partial charge in [0.2, 0.25) is 0 Å². The average molecular weight is 158 g/mol. The first-order chi connectivity index (χ1) is 4.72. The number of hydrogen-bond acceptors (Lipinski definition) is 3. The van der Waals surface area contributed by atoms with Gasteiger partial charge in [-0.15, -0.1) is 17.9 Å². The minimum absolute atomic E-state index is 0.0440. The van der Waals surface area contributed by atoms with E-state index in [2.05, 4.69) is 12.6 Å². The number of hydrazine groups is 1. The fourth-order valence-corrected chi connectivity index (χ4v) is 0.901. The molecular formula is C6H7FN2S. The van der Waals surface area contributed by atoms with Crippen LogP contribution in [0.3, 0.4) is 0 Å². The van der Waals surface area contributed by atoms with Crippen molar-refractivity contribution in [2.45, 2.75) is 4.90 Å². The minimum atomic E-state index is 0.0440. The molecule has 0 unspecified atom stereocenters. The largest absolute Gasteiger partial charge is 0.218 e. The van der Waals surface area contributed by atoms with Crippen molar-refractivity contribution in [2.75, 3.05) is 5.23 Å². The van der Waals surface area contributed by atoms with Crippen molar-refractivity contribution in [1.29, 1.82) is 0 Å². The Balaban J connectivity index is 3.03. The number of halogens is 1. The van der Waals surface area contributed by atoms with E-state index in [4.69, 9.17) is 5.84 Å². The highest BCUT2D eigenvalue weighted by atomic mass is 32.1. The van der Waals surface area contributed by atoms with Gasteiger partial charge < -0.3 is 0 Å². The van der Waals surface area contributed by atoms with Gasteiger partial charge in [-0.05, 0) is 12.1 Å². The molecule has 0 bridgehead atoms. The van der Waals surface area contributed by atoms with Crippen molar-refractivity contribution in [3.8, 4) is 0 Å². The van der Waals surface area contributed by atoms with Crippen molar-refractivity contribution in [3.63, 3.8) is 0 Å². The Morgan fingerprint density at radius 2 is 2.00 bits per heavy atom. The van der Waals surface area contributed by atoms with E-state index in [-0.39, 0.29) is 10.9 Å². The van der Waals surface area contributed by atoms with Gasteiger partial charge in [-0.25, -0.2) is 5.84 Å².